The molecule has 2 aromatic heterocycles. The van der Waals surface area contributed by atoms with E-state index >= 15 is 0 Å². The molecule has 0 aliphatic heterocycles. The minimum Gasteiger partial charge on any atom is -0.462 e. The Balaban J connectivity index is 1.78. The van der Waals surface area contributed by atoms with Gasteiger partial charge in [-0.2, -0.15) is 0 Å². The number of hydrogen-bond acceptors (Lipinski definition) is 6. The summed E-state index contributed by atoms with van der Waals surface area (Å²) in [4.78, 5) is 40.1. The number of carbonyl (C=O) groups is 3. The molecule has 146 valence electrons. The zero-order chi connectivity index (χ0) is 20.4. The first-order valence-electron chi connectivity index (χ1n) is 8.93. The number of nitrogens with one attached hydrogen (secondary N) is 1. The molecule has 0 fully saturated rings. The van der Waals surface area contributed by atoms with Crippen LogP contribution in [0.1, 0.15) is 56.5 Å². The van der Waals surface area contributed by atoms with Gasteiger partial charge in [0.2, 0.25) is 11.5 Å². The Morgan fingerprint density at radius 3 is 2.54 bits per heavy atom. The van der Waals surface area contributed by atoms with Gasteiger partial charge in [0.15, 0.2) is 6.10 Å². The van der Waals surface area contributed by atoms with Gasteiger partial charge in [0.1, 0.15) is 5.58 Å². The quantitative estimate of drug-likeness (QED) is 0.511. The summed E-state index contributed by atoms with van der Waals surface area (Å²) in [5.41, 5.74) is 2.08. The lowest BCUT2D eigenvalue weighted by Crippen LogP contribution is -2.25. The van der Waals surface area contributed by atoms with E-state index in [9.17, 15) is 14.4 Å². The van der Waals surface area contributed by atoms with Crippen molar-refractivity contribution in [3.8, 4) is 0 Å². The van der Waals surface area contributed by atoms with E-state index in [1.54, 1.807) is 39.0 Å². The van der Waals surface area contributed by atoms with Crippen LogP contribution in [0.5, 0.6) is 0 Å². The number of aromatic nitrogens is 1. The number of Topliss-reactive ketones (excluding diaryl/α,β-unsaturated/α-hetero) is 1. The maximum atomic E-state index is 12.8. The molecule has 7 heteroatoms. The van der Waals surface area contributed by atoms with Crippen molar-refractivity contribution in [1.29, 1.82) is 0 Å². The van der Waals surface area contributed by atoms with Crippen LogP contribution in [0.3, 0.4) is 0 Å². The second kappa shape index (κ2) is 7.72. The molecule has 0 aliphatic rings. The van der Waals surface area contributed by atoms with E-state index in [2.05, 4.69) is 4.98 Å². The summed E-state index contributed by atoms with van der Waals surface area (Å²) in [6, 6.07) is 8.74. The number of hydrogen-bond donors (Lipinski definition) is 1. The van der Waals surface area contributed by atoms with E-state index in [-0.39, 0.29) is 18.1 Å². The smallest absolute Gasteiger partial charge is 0.374 e. The largest absolute Gasteiger partial charge is 0.462 e. The van der Waals surface area contributed by atoms with E-state index in [0.717, 1.165) is 5.39 Å². The number of carbonyl (C=O) groups excluding carboxylic acids is 3. The van der Waals surface area contributed by atoms with Gasteiger partial charge in [-0.1, -0.05) is 18.2 Å². The van der Waals surface area contributed by atoms with Crippen LogP contribution in [0.15, 0.2) is 34.7 Å². The predicted octanol–water partition coefficient (Wildman–Crippen LogP) is 3.98. The fourth-order valence-corrected chi connectivity index (χ4v) is 3.06. The minimum atomic E-state index is -1.06. The molecule has 0 amide bonds. The number of esters is 2. The average Bonchev–Trinajstić information content (AvgIpc) is 3.22. The number of rotatable bonds is 6. The van der Waals surface area contributed by atoms with E-state index in [1.807, 2.05) is 12.1 Å². The van der Waals surface area contributed by atoms with Crippen molar-refractivity contribution in [3.05, 3.63) is 58.6 Å². The van der Waals surface area contributed by atoms with E-state index in [1.165, 1.54) is 6.92 Å². The second-order valence-corrected chi connectivity index (χ2v) is 6.41. The lowest BCUT2D eigenvalue weighted by Gasteiger charge is -2.11. The molecule has 2 heterocycles. The van der Waals surface area contributed by atoms with Gasteiger partial charge in [0, 0.05) is 11.1 Å². The molecule has 1 unspecified atom stereocenters. The van der Waals surface area contributed by atoms with Crippen LogP contribution in [0.4, 0.5) is 0 Å². The maximum Gasteiger partial charge on any atom is 0.374 e. The number of aromatic amines is 1. The number of ketones is 1. The maximum absolute atomic E-state index is 12.8. The summed E-state index contributed by atoms with van der Waals surface area (Å²) in [7, 11) is 0. The standard InChI is InChI=1S/C21H21NO6/c1-5-26-21(25)17-11(2)18(22-12(17)3)19(23)13(4)27-20(24)16-10-14-8-6-7-9-15(14)28-16/h6-10,13,22H,5H2,1-4H3. The highest BCUT2D eigenvalue weighted by molar-refractivity contribution is 6.04. The van der Waals surface area contributed by atoms with Crippen LogP contribution in [-0.2, 0) is 9.47 Å². The van der Waals surface area contributed by atoms with Gasteiger partial charge in [-0.05, 0) is 45.4 Å². The fraction of sp³-hybridized carbons (Fsp3) is 0.286. The normalized spacial score (nSPS) is 12.0. The molecule has 1 N–H and O–H groups in total. The van der Waals surface area contributed by atoms with Gasteiger partial charge in [-0.3, -0.25) is 4.79 Å². The summed E-state index contributed by atoms with van der Waals surface area (Å²) in [5, 5.41) is 0.767. The molecular formula is C21H21NO6. The number of benzene rings is 1. The van der Waals surface area contributed by atoms with Gasteiger partial charge >= 0.3 is 11.9 Å². The molecule has 0 aliphatic carbocycles. The number of para-hydroxylation sites is 1. The fourth-order valence-electron chi connectivity index (χ4n) is 3.06. The molecule has 3 aromatic rings. The third kappa shape index (κ3) is 3.55. The monoisotopic (exact) mass is 383 g/mol. The molecule has 7 nitrogen and oxygen atoms in total. The Hall–Kier alpha value is -3.35. The van der Waals surface area contributed by atoms with Crippen molar-refractivity contribution in [3.63, 3.8) is 0 Å². The molecule has 28 heavy (non-hydrogen) atoms. The Kier molecular flexibility index (Phi) is 5.35. The predicted molar refractivity (Wildman–Crippen MR) is 102 cm³/mol. The zero-order valence-electron chi connectivity index (χ0n) is 16.1. The van der Waals surface area contributed by atoms with Crippen LogP contribution < -0.4 is 0 Å². The van der Waals surface area contributed by atoms with Crippen molar-refractivity contribution < 1.29 is 28.3 Å². The first-order valence-corrected chi connectivity index (χ1v) is 8.93. The molecular weight excluding hydrogens is 362 g/mol. The summed E-state index contributed by atoms with van der Waals surface area (Å²) in [6.45, 7) is 6.75. The molecule has 0 spiro atoms. The zero-order valence-corrected chi connectivity index (χ0v) is 16.1. The summed E-state index contributed by atoms with van der Waals surface area (Å²) >= 11 is 0. The van der Waals surface area contributed by atoms with Crippen molar-refractivity contribution in [1.82, 2.24) is 4.98 Å². The van der Waals surface area contributed by atoms with Gasteiger partial charge in [-0.25, -0.2) is 9.59 Å². The number of furan rings is 1. The third-order valence-corrected chi connectivity index (χ3v) is 4.44. The summed E-state index contributed by atoms with van der Waals surface area (Å²) in [6.07, 6.45) is -1.06. The van der Waals surface area contributed by atoms with E-state index in [0.29, 0.717) is 22.4 Å². The van der Waals surface area contributed by atoms with Crippen LogP contribution in [0.25, 0.3) is 11.0 Å². The molecule has 0 radical (unpaired) electrons. The Bertz CT molecular complexity index is 1030. The van der Waals surface area contributed by atoms with Crippen LogP contribution in [0.2, 0.25) is 0 Å². The molecule has 1 atom stereocenters. The first kappa shape index (κ1) is 19.4. The molecule has 1 aromatic carbocycles. The van der Waals surface area contributed by atoms with Gasteiger partial charge in [-0.15, -0.1) is 0 Å². The number of H-pyrrole nitrogens is 1. The van der Waals surface area contributed by atoms with E-state index < -0.39 is 23.8 Å². The second-order valence-electron chi connectivity index (χ2n) is 6.41. The van der Waals surface area contributed by atoms with Gasteiger partial charge in [0.05, 0.1) is 17.9 Å². The van der Waals surface area contributed by atoms with Crippen molar-refractivity contribution in [2.24, 2.45) is 0 Å². The highest BCUT2D eigenvalue weighted by atomic mass is 16.6. The van der Waals surface area contributed by atoms with Crippen molar-refractivity contribution in [2.45, 2.75) is 33.8 Å². The molecule has 0 saturated carbocycles. The summed E-state index contributed by atoms with van der Waals surface area (Å²) in [5.74, 6) is -1.66. The molecule has 0 bridgehead atoms. The van der Waals surface area contributed by atoms with E-state index in [4.69, 9.17) is 13.9 Å². The average molecular weight is 383 g/mol. The van der Waals surface area contributed by atoms with Crippen molar-refractivity contribution in [2.75, 3.05) is 6.61 Å². The van der Waals surface area contributed by atoms with Crippen LogP contribution >= 0.6 is 0 Å². The van der Waals surface area contributed by atoms with Gasteiger partial charge in [0.25, 0.3) is 0 Å². The number of fused-ring (bicyclic) bond motifs is 1. The van der Waals surface area contributed by atoms with Crippen molar-refractivity contribution >= 4 is 28.7 Å². The first-order chi connectivity index (χ1) is 13.3. The topological polar surface area (TPSA) is 98.6 Å². The Labute approximate surface area is 161 Å². The summed E-state index contributed by atoms with van der Waals surface area (Å²) < 4.78 is 15.8. The Morgan fingerprint density at radius 2 is 1.86 bits per heavy atom. The van der Waals surface area contributed by atoms with Gasteiger partial charge < -0.3 is 18.9 Å². The molecule has 3 rings (SSSR count). The number of aryl methyl sites for hydroxylation is 1. The highest BCUT2D eigenvalue weighted by Crippen LogP contribution is 2.23. The molecule has 0 saturated heterocycles. The number of ether oxygens (including phenoxy) is 2. The minimum absolute atomic E-state index is 0.0208. The Morgan fingerprint density at radius 1 is 1.14 bits per heavy atom. The third-order valence-electron chi connectivity index (χ3n) is 4.44. The van der Waals surface area contributed by atoms with Crippen LogP contribution in [-0.4, -0.2) is 35.4 Å². The highest BCUT2D eigenvalue weighted by Gasteiger charge is 2.28. The lowest BCUT2D eigenvalue weighted by molar-refractivity contribution is 0.0289. The SMILES string of the molecule is CCOC(=O)c1c(C)[nH]c(C(=O)C(C)OC(=O)c2cc3ccccc3o2)c1C. The lowest BCUT2D eigenvalue weighted by atomic mass is 10.1. The van der Waals surface area contributed by atoms with Crippen LogP contribution in [0, 0.1) is 13.8 Å².